The van der Waals surface area contributed by atoms with E-state index in [1.165, 1.54) is 38.5 Å². The van der Waals surface area contributed by atoms with Crippen LogP contribution in [0, 0.1) is 43.3 Å². The number of hydrogen-bond acceptors (Lipinski definition) is 4. The number of carbonyl (C=O) groups is 2. The third-order valence-electron chi connectivity index (χ3n) is 12.8. The van der Waals surface area contributed by atoms with Gasteiger partial charge in [0.1, 0.15) is 0 Å². The molecule has 4 fully saturated rings. The van der Waals surface area contributed by atoms with E-state index in [0.717, 1.165) is 45.1 Å². The van der Waals surface area contributed by atoms with E-state index in [4.69, 9.17) is 0 Å². The first kappa shape index (κ1) is 46.2. The van der Waals surface area contributed by atoms with Gasteiger partial charge in [-0.3, -0.25) is 9.59 Å². The van der Waals surface area contributed by atoms with Gasteiger partial charge in [0.25, 0.3) is 0 Å². The van der Waals surface area contributed by atoms with Crippen LogP contribution in [0.3, 0.4) is 0 Å². The monoisotopic (exact) mass is 743 g/mol. The summed E-state index contributed by atoms with van der Waals surface area (Å²) in [5.41, 5.74) is 2.09. The molecule has 4 saturated carbocycles. The largest absolute Gasteiger partial charge is 0.353 e. The lowest BCUT2D eigenvalue weighted by molar-refractivity contribution is -0.129. The van der Waals surface area contributed by atoms with Crippen LogP contribution < -0.4 is 21.3 Å². The van der Waals surface area contributed by atoms with E-state index in [2.05, 4.69) is 146 Å². The topological polar surface area (TPSA) is 82.3 Å². The van der Waals surface area contributed by atoms with Gasteiger partial charge in [-0.15, -0.1) is 0 Å². The molecule has 53 heavy (non-hydrogen) atoms. The van der Waals surface area contributed by atoms with E-state index in [-0.39, 0.29) is 28.7 Å². The van der Waals surface area contributed by atoms with Crippen LogP contribution in [0.5, 0.6) is 0 Å². The minimum atomic E-state index is -0.542. The van der Waals surface area contributed by atoms with Crippen molar-refractivity contribution in [2.24, 2.45) is 43.3 Å². The van der Waals surface area contributed by atoms with Crippen molar-refractivity contribution in [2.45, 2.75) is 238 Å². The average Bonchev–Trinajstić information content (AvgIpc) is 2.80. The van der Waals surface area contributed by atoms with Crippen LogP contribution >= 0.6 is 0 Å². The molecular weight excluding hydrogens is 653 g/mol. The van der Waals surface area contributed by atoms with E-state index in [0.29, 0.717) is 57.0 Å². The number of amides is 2. The summed E-state index contributed by atoms with van der Waals surface area (Å²) >= 11 is 0. The Kier molecular flexibility index (Phi) is 14.0. The van der Waals surface area contributed by atoms with Gasteiger partial charge in [0, 0.05) is 37.1 Å². The quantitative estimate of drug-likeness (QED) is 0.190. The first-order valence-electron chi connectivity index (χ1n) is 21.7. The molecule has 0 atom stereocenters. The lowest BCUT2D eigenvalue weighted by Gasteiger charge is -2.48. The molecular formula is C47H90N4O2. The number of carbonyl (C=O) groups excluding carboxylic acids is 2. The molecule has 6 nitrogen and oxygen atoms in total. The fourth-order valence-electron chi connectivity index (χ4n) is 13.5. The molecule has 0 heterocycles. The molecule has 0 spiro atoms. The summed E-state index contributed by atoms with van der Waals surface area (Å²) in [7, 11) is 0. The number of rotatable bonds is 9. The van der Waals surface area contributed by atoms with Crippen molar-refractivity contribution in [1.29, 1.82) is 0 Å². The zero-order valence-corrected chi connectivity index (χ0v) is 38.5. The van der Waals surface area contributed by atoms with Gasteiger partial charge in [-0.05, 0) is 134 Å². The Bertz CT molecular complexity index is 1190. The van der Waals surface area contributed by atoms with E-state index in [1.807, 2.05) is 0 Å². The Hall–Kier alpha value is -1.14. The van der Waals surface area contributed by atoms with Crippen molar-refractivity contribution in [1.82, 2.24) is 21.3 Å². The van der Waals surface area contributed by atoms with Crippen molar-refractivity contribution in [3.63, 3.8) is 0 Å². The van der Waals surface area contributed by atoms with Crippen LogP contribution in [0.15, 0.2) is 0 Å². The molecule has 6 heteroatoms. The second-order valence-electron chi connectivity index (χ2n) is 26.0. The molecule has 4 aliphatic carbocycles. The SMILES string of the molecule is CC1(C)CC(NC(=O)C(C)(C)NC2CC(C)(C)CC(C)(C)C2)CC(C)(C)C1.CC1(C)CC(NCCC(=O)NC2CC(C)(C)CC(C)(C)C2)CC(C)(C)C1. The predicted molar refractivity (Wildman–Crippen MR) is 227 cm³/mol. The van der Waals surface area contributed by atoms with E-state index < -0.39 is 5.54 Å². The van der Waals surface area contributed by atoms with Gasteiger partial charge < -0.3 is 21.3 Å². The summed E-state index contributed by atoms with van der Waals surface area (Å²) < 4.78 is 0. The molecule has 4 rings (SSSR count). The normalized spacial score (nSPS) is 27.9. The Balaban J connectivity index is 0.000000286. The van der Waals surface area contributed by atoms with Crippen LogP contribution in [0.1, 0.15) is 208 Å². The van der Waals surface area contributed by atoms with Crippen molar-refractivity contribution in [3.8, 4) is 0 Å². The maximum atomic E-state index is 13.2. The zero-order chi connectivity index (χ0) is 40.7. The molecule has 0 bridgehead atoms. The standard InChI is InChI=1S/C24H46N2O.C23H44N2O/c1-20(2)11-17(12-21(3,4)15-20)25-19(27)24(9,10)26-18-13-22(5,6)16-23(7,8)14-18;1-20(2)11-17(12-21(3,4)15-20)24-10-9-19(26)25-18-13-22(5,6)16-23(7,8)14-18/h17-18,26H,11-16H2,1-10H3,(H,25,27);17-18,24H,9-16H2,1-8H3,(H,25,26). The molecule has 0 saturated heterocycles. The Morgan fingerprint density at radius 2 is 0.736 bits per heavy atom. The summed E-state index contributed by atoms with van der Waals surface area (Å²) in [5.74, 6) is 0.368. The summed E-state index contributed by atoms with van der Waals surface area (Å²) in [5, 5.41) is 14.1. The summed E-state index contributed by atoms with van der Waals surface area (Å²) in [4.78, 5) is 25.7. The average molecular weight is 743 g/mol. The molecule has 310 valence electrons. The van der Waals surface area contributed by atoms with E-state index in [9.17, 15) is 9.59 Å². The highest BCUT2D eigenvalue weighted by Gasteiger charge is 2.44. The molecule has 0 aromatic rings. The van der Waals surface area contributed by atoms with Crippen LogP contribution in [0.4, 0.5) is 0 Å². The molecule has 4 aliphatic rings. The van der Waals surface area contributed by atoms with E-state index >= 15 is 0 Å². The lowest BCUT2D eigenvalue weighted by atomic mass is 9.63. The lowest BCUT2D eigenvalue weighted by Crippen LogP contribution is -2.60. The van der Waals surface area contributed by atoms with Gasteiger partial charge in [0.15, 0.2) is 0 Å². The van der Waals surface area contributed by atoms with Gasteiger partial charge in [0.05, 0.1) is 5.54 Å². The summed E-state index contributed by atoms with van der Waals surface area (Å²) in [6.07, 6.45) is 14.6. The number of hydrogen-bond donors (Lipinski definition) is 4. The Morgan fingerprint density at radius 3 is 1.08 bits per heavy atom. The van der Waals surface area contributed by atoms with Crippen LogP contribution in [0.25, 0.3) is 0 Å². The minimum absolute atomic E-state index is 0.155. The summed E-state index contributed by atoms with van der Waals surface area (Å²) in [6.45, 7) is 42.5. The Labute approximate surface area is 329 Å². The highest BCUT2D eigenvalue weighted by Crippen LogP contribution is 2.49. The molecule has 0 unspecified atom stereocenters. The molecule has 2 amide bonds. The van der Waals surface area contributed by atoms with Crippen molar-refractivity contribution in [2.75, 3.05) is 6.54 Å². The molecule has 0 aromatic heterocycles. The predicted octanol–water partition coefficient (Wildman–Crippen LogP) is 11.0. The fraction of sp³-hybridized carbons (Fsp3) is 0.957. The first-order chi connectivity index (χ1) is 23.6. The van der Waals surface area contributed by atoms with Crippen molar-refractivity contribution in [3.05, 3.63) is 0 Å². The molecule has 4 N–H and O–H groups in total. The van der Waals surface area contributed by atoms with Crippen molar-refractivity contribution < 1.29 is 9.59 Å². The molecule has 0 aromatic carbocycles. The highest BCUT2D eigenvalue weighted by atomic mass is 16.2. The zero-order valence-electron chi connectivity index (χ0n) is 38.5. The van der Waals surface area contributed by atoms with Gasteiger partial charge in [0.2, 0.25) is 11.8 Å². The minimum Gasteiger partial charge on any atom is -0.353 e. The second-order valence-corrected chi connectivity index (χ2v) is 26.0. The van der Waals surface area contributed by atoms with Gasteiger partial charge >= 0.3 is 0 Å². The third-order valence-corrected chi connectivity index (χ3v) is 12.8. The second kappa shape index (κ2) is 16.0. The maximum absolute atomic E-state index is 13.2. The van der Waals surface area contributed by atoms with Gasteiger partial charge in [-0.25, -0.2) is 0 Å². The van der Waals surface area contributed by atoms with Crippen molar-refractivity contribution >= 4 is 11.8 Å². The smallest absolute Gasteiger partial charge is 0.239 e. The summed E-state index contributed by atoms with van der Waals surface area (Å²) in [6, 6.07) is 1.53. The molecule has 0 aliphatic heterocycles. The number of nitrogens with one attached hydrogen (secondary N) is 4. The maximum Gasteiger partial charge on any atom is 0.239 e. The van der Waals surface area contributed by atoms with Crippen LogP contribution in [-0.2, 0) is 9.59 Å². The van der Waals surface area contributed by atoms with E-state index in [1.54, 1.807) is 0 Å². The molecule has 0 radical (unpaired) electrons. The fourth-order valence-corrected chi connectivity index (χ4v) is 13.5. The third kappa shape index (κ3) is 15.7. The van der Waals surface area contributed by atoms with Gasteiger partial charge in [-0.1, -0.05) is 111 Å². The van der Waals surface area contributed by atoms with Crippen LogP contribution in [0.2, 0.25) is 0 Å². The highest BCUT2D eigenvalue weighted by molar-refractivity contribution is 5.85. The van der Waals surface area contributed by atoms with Crippen LogP contribution in [-0.4, -0.2) is 48.1 Å². The Morgan fingerprint density at radius 1 is 0.453 bits per heavy atom. The first-order valence-corrected chi connectivity index (χ1v) is 21.7. The van der Waals surface area contributed by atoms with Gasteiger partial charge in [-0.2, -0.15) is 0 Å².